The molecule has 0 fully saturated rings. The molecule has 0 aliphatic heterocycles. The first-order valence-electron chi connectivity index (χ1n) is 5.54. The van der Waals surface area contributed by atoms with Gasteiger partial charge in [-0.15, -0.1) is 0 Å². The monoisotopic (exact) mass is 393 g/mol. The number of para-hydroxylation sites is 1. The molecular weight excluding hydrogens is 385 g/mol. The van der Waals surface area contributed by atoms with Gasteiger partial charge in [-0.3, -0.25) is 4.72 Å². The number of anilines is 1. The van der Waals surface area contributed by atoms with Crippen LogP contribution in [0.3, 0.4) is 0 Å². The highest BCUT2D eigenvalue weighted by Crippen LogP contribution is 2.33. The number of benzene rings is 2. The van der Waals surface area contributed by atoms with Crippen molar-refractivity contribution in [1.82, 2.24) is 0 Å². The molecule has 0 spiro atoms. The summed E-state index contributed by atoms with van der Waals surface area (Å²) >= 11 is 15.2. The molecule has 7 heteroatoms. The van der Waals surface area contributed by atoms with Gasteiger partial charge in [0.15, 0.2) is 0 Å². The molecule has 106 valence electrons. The summed E-state index contributed by atoms with van der Waals surface area (Å²) in [5.41, 5.74) is 1.12. The highest BCUT2D eigenvalue weighted by atomic mass is 79.9. The van der Waals surface area contributed by atoms with Crippen molar-refractivity contribution in [3.8, 4) is 0 Å². The largest absolute Gasteiger partial charge is 0.277 e. The minimum absolute atomic E-state index is 0.124. The van der Waals surface area contributed by atoms with Crippen molar-refractivity contribution in [2.24, 2.45) is 0 Å². The number of halogens is 3. The van der Waals surface area contributed by atoms with Crippen molar-refractivity contribution in [2.75, 3.05) is 4.72 Å². The topological polar surface area (TPSA) is 46.2 Å². The molecule has 0 unspecified atom stereocenters. The maximum atomic E-state index is 12.4. The van der Waals surface area contributed by atoms with Gasteiger partial charge in [0.1, 0.15) is 4.90 Å². The number of rotatable bonds is 3. The lowest BCUT2D eigenvalue weighted by molar-refractivity contribution is 0.600. The molecule has 2 rings (SSSR count). The predicted octanol–water partition coefficient (Wildman–Crippen LogP) is 4.87. The first kappa shape index (κ1) is 15.6. The predicted molar refractivity (Wildman–Crippen MR) is 86.1 cm³/mol. The van der Waals surface area contributed by atoms with Crippen LogP contribution in [0.1, 0.15) is 5.56 Å². The highest BCUT2D eigenvalue weighted by molar-refractivity contribution is 9.10. The summed E-state index contributed by atoms with van der Waals surface area (Å²) in [6, 6.07) is 9.73. The number of hydrogen-bond acceptors (Lipinski definition) is 2. The summed E-state index contributed by atoms with van der Waals surface area (Å²) in [6.45, 7) is 1.87. The Hall–Kier alpha value is -0.750. The maximum absolute atomic E-state index is 12.4. The second kappa shape index (κ2) is 5.93. The van der Waals surface area contributed by atoms with Gasteiger partial charge in [0, 0.05) is 4.47 Å². The van der Waals surface area contributed by atoms with E-state index in [9.17, 15) is 8.42 Å². The average Bonchev–Trinajstić information content (AvgIpc) is 2.33. The minimum atomic E-state index is -3.77. The Kier molecular flexibility index (Phi) is 4.64. The molecule has 0 saturated heterocycles. The third-order valence-electron chi connectivity index (χ3n) is 2.58. The quantitative estimate of drug-likeness (QED) is 0.807. The zero-order chi connectivity index (χ0) is 14.9. The van der Waals surface area contributed by atoms with Crippen molar-refractivity contribution in [2.45, 2.75) is 11.8 Å². The summed E-state index contributed by atoms with van der Waals surface area (Å²) < 4.78 is 27.6. The highest BCUT2D eigenvalue weighted by Gasteiger charge is 2.20. The van der Waals surface area contributed by atoms with E-state index in [1.165, 1.54) is 6.07 Å². The van der Waals surface area contributed by atoms with Gasteiger partial charge in [-0.2, -0.15) is 0 Å². The minimum Gasteiger partial charge on any atom is -0.277 e. The smallest absolute Gasteiger partial charge is 0.263 e. The molecule has 0 saturated carbocycles. The van der Waals surface area contributed by atoms with Gasteiger partial charge in [-0.1, -0.05) is 35.3 Å². The Morgan fingerprint density at radius 1 is 1.10 bits per heavy atom. The van der Waals surface area contributed by atoms with E-state index in [2.05, 4.69) is 20.7 Å². The summed E-state index contributed by atoms with van der Waals surface area (Å²) in [5, 5.41) is 0.480. The van der Waals surface area contributed by atoms with E-state index in [1.54, 1.807) is 30.3 Å². The van der Waals surface area contributed by atoms with Crippen LogP contribution < -0.4 is 4.72 Å². The van der Waals surface area contributed by atoms with E-state index in [1.807, 2.05) is 6.92 Å². The molecule has 0 aliphatic rings. The van der Waals surface area contributed by atoms with Gasteiger partial charge in [-0.25, -0.2) is 8.42 Å². The molecule has 1 N–H and O–H groups in total. The Morgan fingerprint density at radius 2 is 1.70 bits per heavy atom. The molecule has 0 heterocycles. The van der Waals surface area contributed by atoms with Crippen molar-refractivity contribution in [3.05, 3.63) is 56.5 Å². The van der Waals surface area contributed by atoms with Crippen LogP contribution in [0.25, 0.3) is 0 Å². The van der Waals surface area contributed by atoms with Gasteiger partial charge in [0.2, 0.25) is 0 Å². The fourth-order valence-corrected chi connectivity index (χ4v) is 4.51. The molecule has 0 bridgehead atoms. The van der Waals surface area contributed by atoms with E-state index < -0.39 is 10.0 Å². The fourth-order valence-electron chi connectivity index (χ4n) is 1.61. The van der Waals surface area contributed by atoms with Crippen LogP contribution in [-0.4, -0.2) is 8.42 Å². The standard InChI is InChI=1S/C13H10BrCl2NO2S/c1-8-5-6-12(9(14)7-8)20(18,19)17-13-10(15)3-2-4-11(13)16/h2-7,17H,1H3. The van der Waals surface area contributed by atoms with Crippen molar-refractivity contribution < 1.29 is 8.42 Å². The summed E-state index contributed by atoms with van der Waals surface area (Å²) in [6.07, 6.45) is 0. The molecule has 0 aliphatic carbocycles. The molecule has 2 aromatic carbocycles. The molecule has 2 aromatic rings. The SMILES string of the molecule is Cc1ccc(S(=O)(=O)Nc2c(Cl)cccc2Cl)c(Br)c1. The Morgan fingerprint density at radius 3 is 2.25 bits per heavy atom. The second-order valence-corrected chi connectivity index (χ2v) is 7.46. The van der Waals surface area contributed by atoms with Crippen LogP contribution in [0.2, 0.25) is 10.0 Å². The lowest BCUT2D eigenvalue weighted by Crippen LogP contribution is -2.14. The van der Waals surface area contributed by atoms with Crippen molar-refractivity contribution in [1.29, 1.82) is 0 Å². The Bertz CT molecular complexity index is 743. The number of aryl methyl sites for hydroxylation is 1. The molecule has 0 aromatic heterocycles. The second-order valence-electron chi connectivity index (χ2n) is 4.14. The van der Waals surface area contributed by atoms with Crippen molar-refractivity contribution in [3.63, 3.8) is 0 Å². The lowest BCUT2D eigenvalue weighted by atomic mass is 10.2. The van der Waals surface area contributed by atoms with Gasteiger partial charge < -0.3 is 0 Å². The number of hydrogen-bond donors (Lipinski definition) is 1. The maximum Gasteiger partial charge on any atom is 0.263 e. The lowest BCUT2D eigenvalue weighted by Gasteiger charge is -2.12. The normalized spacial score (nSPS) is 11.4. The number of nitrogens with one attached hydrogen (secondary N) is 1. The Balaban J connectivity index is 2.46. The van der Waals surface area contributed by atoms with Crippen LogP contribution in [0.4, 0.5) is 5.69 Å². The average molecular weight is 395 g/mol. The third kappa shape index (κ3) is 3.28. The Labute approximate surface area is 136 Å². The van der Waals surface area contributed by atoms with E-state index in [0.717, 1.165) is 5.56 Å². The first-order chi connectivity index (χ1) is 9.31. The van der Waals surface area contributed by atoms with Crippen LogP contribution in [0, 0.1) is 6.92 Å². The van der Waals surface area contributed by atoms with E-state index in [0.29, 0.717) is 4.47 Å². The zero-order valence-corrected chi connectivity index (χ0v) is 14.2. The van der Waals surface area contributed by atoms with Crippen LogP contribution in [0.15, 0.2) is 45.8 Å². The third-order valence-corrected chi connectivity index (χ3v) is 5.53. The summed E-state index contributed by atoms with van der Waals surface area (Å²) in [7, 11) is -3.77. The van der Waals surface area contributed by atoms with E-state index in [-0.39, 0.29) is 20.6 Å². The summed E-state index contributed by atoms with van der Waals surface area (Å²) in [4.78, 5) is 0.124. The van der Waals surface area contributed by atoms with Gasteiger partial charge in [0.25, 0.3) is 10.0 Å². The van der Waals surface area contributed by atoms with Gasteiger partial charge >= 0.3 is 0 Å². The molecule has 3 nitrogen and oxygen atoms in total. The van der Waals surface area contributed by atoms with Gasteiger partial charge in [-0.05, 0) is 52.7 Å². The molecule has 0 amide bonds. The molecule has 0 radical (unpaired) electrons. The van der Waals surface area contributed by atoms with Crippen molar-refractivity contribution >= 4 is 54.8 Å². The fraction of sp³-hybridized carbons (Fsp3) is 0.0769. The zero-order valence-electron chi connectivity index (χ0n) is 10.3. The molecule has 20 heavy (non-hydrogen) atoms. The number of sulfonamides is 1. The van der Waals surface area contributed by atoms with Gasteiger partial charge in [0.05, 0.1) is 15.7 Å². The van der Waals surface area contributed by atoms with Crippen LogP contribution >= 0.6 is 39.1 Å². The first-order valence-corrected chi connectivity index (χ1v) is 8.57. The molecular formula is C13H10BrCl2NO2S. The summed E-state index contributed by atoms with van der Waals surface area (Å²) in [5.74, 6) is 0. The molecule has 0 atom stereocenters. The van der Waals surface area contributed by atoms with Crippen LogP contribution in [-0.2, 0) is 10.0 Å². The van der Waals surface area contributed by atoms with E-state index >= 15 is 0 Å². The van der Waals surface area contributed by atoms with E-state index in [4.69, 9.17) is 23.2 Å². The van der Waals surface area contributed by atoms with Crippen LogP contribution in [0.5, 0.6) is 0 Å².